The predicted octanol–water partition coefficient (Wildman–Crippen LogP) is 2.67. The Labute approximate surface area is 119 Å². The lowest BCUT2D eigenvalue weighted by molar-refractivity contribution is -0.121. The van der Waals surface area contributed by atoms with Crippen molar-refractivity contribution in [3.8, 4) is 0 Å². The molecule has 106 valence electrons. The first-order chi connectivity index (χ1) is 9.06. The average molecular weight is 281 g/mol. The van der Waals surface area contributed by atoms with Crippen LogP contribution in [-0.4, -0.2) is 29.4 Å². The molecule has 2 N–H and O–H groups in total. The van der Waals surface area contributed by atoms with Gasteiger partial charge < -0.3 is 10.4 Å². The normalized spacial score (nSPS) is 12.2. The maximum absolute atomic E-state index is 11.6. The number of aryl methyl sites for hydroxylation is 2. The molecule has 4 heteroatoms. The molecule has 1 aromatic carbocycles. The van der Waals surface area contributed by atoms with Crippen LogP contribution in [0.2, 0.25) is 0 Å². The Kier molecular flexibility index (Phi) is 6.95. The lowest BCUT2D eigenvalue weighted by atomic mass is 10.1. The van der Waals surface area contributed by atoms with Gasteiger partial charge in [0.2, 0.25) is 5.91 Å². The SMILES string of the molecule is CCC(CO)NC(=O)CCSc1ccc(C)c(C)c1. The van der Waals surface area contributed by atoms with E-state index < -0.39 is 0 Å². The van der Waals surface area contributed by atoms with Crippen LogP contribution in [0.5, 0.6) is 0 Å². The summed E-state index contributed by atoms with van der Waals surface area (Å²) < 4.78 is 0. The van der Waals surface area contributed by atoms with Crippen molar-refractivity contribution in [2.24, 2.45) is 0 Å². The zero-order valence-corrected chi connectivity index (χ0v) is 12.7. The monoisotopic (exact) mass is 281 g/mol. The third-order valence-corrected chi connectivity index (χ3v) is 4.15. The second-order valence-corrected chi connectivity index (χ2v) is 5.87. The number of hydrogen-bond donors (Lipinski definition) is 2. The van der Waals surface area contributed by atoms with Crippen molar-refractivity contribution in [2.45, 2.75) is 44.6 Å². The quantitative estimate of drug-likeness (QED) is 0.755. The lowest BCUT2D eigenvalue weighted by Crippen LogP contribution is -2.37. The number of aliphatic hydroxyl groups is 1. The van der Waals surface area contributed by atoms with E-state index in [1.165, 1.54) is 16.0 Å². The van der Waals surface area contributed by atoms with Crippen LogP contribution >= 0.6 is 11.8 Å². The smallest absolute Gasteiger partial charge is 0.221 e. The first-order valence-corrected chi connectivity index (χ1v) is 7.65. The summed E-state index contributed by atoms with van der Waals surface area (Å²) in [6, 6.07) is 6.24. The van der Waals surface area contributed by atoms with Gasteiger partial charge >= 0.3 is 0 Å². The maximum atomic E-state index is 11.6. The molecule has 0 saturated heterocycles. The molecular weight excluding hydrogens is 258 g/mol. The number of hydrogen-bond acceptors (Lipinski definition) is 3. The fourth-order valence-corrected chi connectivity index (χ4v) is 2.59. The van der Waals surface area contributed by atoms with Crippen molar-refractivity contribution in [3.05, 3.63) is 29.3 Å². The van der Waals surface area contributed by atoms with Crippen LogP contribution < -0.4 is 5.32 Å². The Morgan fingerprint density at radius 1 is 1.37 bits per heavy atom. The van der Waals surface area contributed by atoms with E-state index in [0.717, 1.165) is 12.2 Å². The Balaban J connectivity index is 2.33. The van der Waals surface area contributed by atoms with Gasteiger partial charge in [0, 0.05) is 17.1 Å². The van der Waals surface area contributed by atoms with Gasteiger partial charge in [0.25, 0.3) is 0 Å². The topological polar surface area (TPSA) is 49.3 Å². The molecule has 0 aliphatic rings. The number of benzene rings is 1. The Morgan fingerprint density at radius 3 is 2.68 bits per heavy atom. The fourth-order valence-electron chi connectivity index (χ4n) is 1.64. The van der Waals surface area contributed by atoms with Crippen molar-refractivity contribution < 1.29 is 9.90 Å². The van der Waals surface area contributed by atoms with Crippen LogP contribution in [0, 0.1) is 13.8 Å². The summed E-state index contributed by atoms with van der Waals surface area (Å²) in [6.45, 7) is 6.15. The minimum Gasteiger partial charge on any atom is -0.394 e. The van der Waals surface area contributed by atoms with Crippen molar-refractivity contribution in [1.82, 2.24) is 5.32 Å². The van der Waals surface area contributed by atoms with Gasteiger partial charge in [-0.3, -0.25) is 4.79 Å². The minimum absolute atomic E-state index is 0.00649. The van der Waals surface area contributed by atoms with E-state index in [1.807, 2.05) is 6.92 Å². The summed E-state index contributed by atoms with van der Waals surface area (Å²) in [6.07, 6.45) is 1.24. The molecule has 19 heavy (non-hydrogen) atoms. The summed E-state index contributed by atoms with van der Waals surface area (Å²) in [7, 11) is 0. The van der Waals surface area contributed by atoms with E-state index in [4.69, 9.17) is 5.11 Å². The Hall–Kier alpha value is -1.00. The molecule has 1 atom stereocenters. The van der Waals surface area contributed by atoms with Crippen LogP contribution in [0.1, 0.15) is 30.9 Å². The molecule has 1 amide bonds. The molecule has 0 spiro atoms. The van der Waals surface area contributed by atoms with Gasteiger partial charge in [0.15, 0.2) is 0 Å². The minimum atomic E-state index is -0.112. The van der Waals surface area contributed by atoms with E-state index in [0.29, 0.717) is 6.42 Å². The van der Waals surface area contributed by atoms with Crippen molar-refractivity contribution >= 4 is 17.7 Å². The highest BCUT2D eigenvalue weighted by Crippen LogP contribution is 2.21. The molecule has 3 nitrogen and oxygen atoms in total. The fraction of sp³-hybridized carbons (Fsp3) is 0.533. The first kappa shape index (κ1) is 16.1. The molecule has 1 unspecified atom stereocenters. The average Bonchev–Trinajstić information content (AvgIpc) is 2.40. The van der Waals surface area contributed by atoms with Gasteiger partial charge in [-0.1, -0.05) is 13.0 Å². The van der Waals surface area contributed by atoms with Crippen molar-refractivity contribution in [3.63, 3.8) is 0 Å². The van der Waals surface area contributed by atoms with Gasteiger partial charge in [-0.2, -0.15) is 0 Å². The summed E-state index contributed by atoms with van der Waals surface area (Å²) >= 11 is 1.69. The number of aliphatic hydroxyl groups excluding tert-OH is 1. The van der Waals surface area contributed by atoms with Gasteiger partial charge in [0.05, 0.1) is 12.6 Å². The number of rotatable bonds is 7. The van der Waals surface area contributed by atoms with E-state index >= 15 is 0 Å². The molecule has 0 aromatic heterocycles. The maximum Gasteiger partial charge on any atom is 0.221 e. The van der Waals surface area contributed by atoms with Crippen molar-refractivity contribution in [2.75, 3.05) is 12.4 Å². The van der Waals surface area contributed by atoms with Gasteiger partial charge in [-0.05, 0) is 43.5 Å². The Bertz CT molecular complexity index is 417. The van der Waals surface area contributed by atoms with Crippen LogP contribution in [0.3, 0.4) is 0 Å². The highest BCUT2D eigenvalue weighted by Gasteiger charge is 2.08. The molecule has 0 heterocycles. The second-order valence-electron chi connectivity index (χ2n) is 4.70. The van der Waals surface area contributed by atoms with Crippen LogP contribution in [0.4, 0.5) is 0 Å². The highest BCUT2D eigenvalue weighted by atomic mass is 32.2. The number of amides is 1. The van der Waals surface area contributed by atoms with Gasteiger partial charge in [-0.25, -0.2) is 0 Å². The first-order valence-electron chi connectivity index (χ1n) is 6.67. The summed E-state index contributed by atoms with van der Waals surface area (Å²) in [5.74, 6) is 0.771. The predicted molar refractivity (Wildman–Crippen MR) is 80.6 cm³/mol. The summed E-state index contributed by atoms with van der Waals surface area (Å²) in [4.78, 5) is 12.8. The van der Waals surface area contributed by atoms with Crippen LogP contribution in [-0.2, 0) is 4.79 Å². The third kappa shape index (κ3) is 5.66. The molecule has 0 saturated carbocycles. The van der Waals surface area contributed by atoms with Crippen LogP contribution in [0.15, 0.2) is 23.1 Å². The number of thioether (sulfide) groups is 1. The largest absolute Gasteiger partial charge is 0.394 e. The molecule has 0 aliphatic carbocycles. The molecule has 0 radical (unpaired) electrons. The van der Waals surface area contributed by atoms with Crippen molar-refractivity contribution in [1.29, 1.82) is 0 Å². The standard InChI is InChI=1S/C15H23NO2S/c1-4-13(10-17)16-15(18)7-8-19-14-6-5-11(2)12(3)9-14/h5-6,9,13,17H,4,7-8,10H2,1-3H3,(H,16,18). The third-order valence-electron chi connectivity index (χ3n) is 3.15. The zero-order valence-electron chi connectivity index (χ0n) is 11.9. The second kappa shape index (κ2) is 8.23. The molecule has 1 aromatic rings. The Morgan fingerprint density at radius 2 is 2.11 bits per heavy atom. The van der Waals surface area contributed by atoms with Gasteiger partial charge in [-0.15, -0.1) is 11.8 Å². The zero-order chi connectivity index (χ0) is 14.3. The number of carbonyl (C=O) groups excluding carboxylic acids is 1. The summed E-state index contributed by atoms with van der Waals surface area (Å²) in [5.41, 5.74) is 2.57. The number of carbonyl (C=O) groups is 1. The lowest BCUT2D eigenvalue weighted by Gasteiger charge is -2.13. The van der Waals surface area contributed by atoms with Crippen LogP contribution in [0.25, 0.3) is 0 Å². The van der Waals surface area contributed by atoms with E-state index in [1.54, 1.807) is 11.8 Å². The van der Waals surface area contributed by atoms with E-state index in [9.17, 15) is 4.79 Å². The molecule has 0 aliphatic heterocycles. The molecular formula is C15H23NO2S. The molecule has 0 fully saturated rings. The highest BCUT2D eigenvalue weighted by molar-refractivity contribution is 7.99. The molecule has 0 bridgehead atoms. The summed E-state index contributed by atoms with van der Waals surface area (Å²) in [5, 5.41) is 11.8. The van der Waals surface area contributed by atoms with E-state index in [2.05, 4.69) is 37.4 Å². The van der Waals surface area contributed by atoms with E-state index in [-0.39, 0.29) is 18.6 Å². The molecule has 1 rings (SSSR count). The number of nitrogens with one attached hydrogen (secondary N) is 1. The van der Waals surface area contributed by atoms with Gasteiger partial charge in [0.1, 0.15) is 0 Å².